The van der Waals surface area contributed by atoms with Crippen LogP contribution in [0.25, 0.3) is 11.0 Å². The Balaban J connectivity index is 2.89. The van der Waals surface area contributed by atoms with Crippen LogP contribution in [0, 0.1) is 6.92 Å². The Morgan fingerprint density at radius 3 is 2.92 bits per heavy atom. The van der Waals surface area contributed by atoms with Crippen molar-refractivity contribution in [3.05, 3.63) is 34.0 Å². The van der Waals surface area contributed by atoms with E-state index in [1.54, 1.807) is 0 Å². The number of halogens is 1. The minimum atomic E-state index is 0.597. The number of hydrogen-bond donors (Lipinski definition) is 0. The molecule has 3 heteroatoms. The summed E-state index contributed by atoms with van der Waals surface area (Å²) in [6, 6.07) is 3.84. The highest BCUT2D eigenvalue weighted by molar-refractivity contribution is 9.10. The van der Waals surface area contributed by atoms with E-state index in [9.17, 15) is 4.79 Å². The molecule has 1 aromatic heterocycles. The maximum atomic E-state index is 10.6. The van der Waals surface area contributed by atoms with Crippen molar-refractivity contribution >= 4 is 33.2 Å². The van der Waals surface area contributed by atoms with E-state index in [4.69, 9.17) is 4.42 Å². The third-order valence-electron chi connectivity index (χ3n) is 1.98. The summed E-state index contributed by atoms with van der Waals surface area (Å²) in [5.41, 5.74) is 2.40. The van der Waals surface area contributed by atoms with Crippen LogP contribution in [0.4, 0.5) is 0 Å². The first kappa shape index (κ1) is 8.51. The van der Waals surface area contributed by atoms with Crippen molar-refractivity contribution in [2.75, 3.05) is 0 Å². The normalized spacial score (nSPS) is 10.6. The second kappa shape index (κ2) is 3.00. The Kier molecular flexibility index (Phi) is 1.96. The predicted octanol–water partition coefficient (Wildman–Crippen LogP) is 3.32. The summed E-state index contributed by atoms with van der Waals surface area (Å²) in [6.07, 6.45) is 2.29. The minimum absolute atomic E-state index is 0.597. The number of rotatable bonds is 1. The van der Waals surface area contributed by atoms with Gasteiger partial charge in [-0.25, -0.2) is 0 Å². The molecule has 13 heavy (non-hydrogen) atoms. The number of carbonyl (C=O) groups excluding carboxylic acids is 1. The van der Waals surface area contributed by atoms with Crippen LogP contribution >= 0.6 is 15.9 Å². The van der Waals surface area contributed by atoms with E-state index in [-0.39, 0.29) is 0 Å². The molecule has 0 aliphatic heterocycles. The molecule has 0 N–H and O–H groups in total. The fourth-order valence-electron chi connectivity index (χ4n) is 1.38. The van der Waals surface area contributed by atoms with Crippen molar-refractivity contribution in [1.29, 1.82) is 0 Å². The van der Waals surface area contributed by atoms with Crippen molar-refractivity contribution in [3.8, 4) is 0 Å². The van der Waals surface area contributed by atoms with E-state index in [0.717, 1.165) is 27.3 Å². The fraction of sp³-hybridized carbons (Fsp3) is 0.100. The Morgan fingerprint density at radius 1 is 1.46 bits per heavy atom. The number of carbonyl (C=O) groups is 1. The third-order valence-corrected chi connectivity index (χ3v) is 2.44. The van der Waals surface area contributed by atoms with Crippen LogP contribution in [-0.4, -0.2) is 6.29 Å². The third kappa shape index (κ3) is 1.29. The Bertz CT molecular complexity index is 471. The molecule has 0 saturated carbocycles. The molecular formula is C10H7BrO2. The molecule has 0 spiro atoms. The molecule has 0 aliphatic rings. The summed E-state index contributed by atoms with van der Waals surface area (Å²) in [5, 5.41) is 0.863. The van der Waals surface area contributed by atoms with Crippen LogP contribution in [-0.2, 0) is 0 Å². The largest absolute Gasteiger partial charge is 0.463 e. The lowest BCUT2D eigenvalue weighted by Crippen LogP contribution is -1.78. The van der Waals surface area contributed by atoms with Gasteiger partial charge in [0, 0.05) is 9.86 Å². The van der Waals surface area contributed by atoms with Crippen LogP contribution in [0.1, 0.15) is 15.9 Å². The summed E-state index contributed by atoms with van der Waals surface area (Å²) < 4.78 is 6.23. The molecular weight excluding hydrogens is 232 g/mol. The molecule has 1 heterocycles. The number of fused-ring (bicyclic) bond motifs is 1. The van der Waals surface area contributed by atoms with Crippen LogP contribution in [0.3, 0.4) is 0 Å². The van der Waals surface area contributed by atoms with Gasteiger partial charge in [-0.15, -0.1) is 0 Å². The average Bonchev–Trinajstić information content (AvgIpc) is 2.47. The van der Waals surface area contributed by atoms with E-state index in [0.29, 0.717) is 5.56 Å². The molecule has 2 nitrogen and oxygen atoms in total. The van der Waals surface area contributed by atoms with Gasteiger partial charge in [-0.3, -0.25) is 4.79 Å². The van der Waals surface area contributed by atoms with E-state index in [2.05, 4.69) is 15.9 Å². The Labute approximate surface area is 83.7 Å². The number of benzene rings is 1. The predicted molar refractivity (Wildman–Crippen MR) is 54.0 cm³/mol. The molecule has 0 amide bonds. The zero-order valence-corrected chi connectivity index (χ0v) is 8.59. The summed E-state index contributed by atoms with van der Waals surface area (Å²) in [6.45, 7) is 1.95. The highest BCUT2D eigenvalue weighted by Gasteiger charge is 2.07. The molecule has 0 saturated heterocycles. The first-order valence-electron chi connectivity index (χ1n) is 3.85. The lowest BCUT2D eigenvalue weighted by atomic mass is 10.1. The molecule has 2 rings (SSSR count). The highest BCUT2D eigenvalue weighted by Crippen LogP contribution is 2.27. The molecule has 66 valence electrons. The Morgan fingerprint density at radius 2 is 2.23 bits per heavy atom. The number of aldehydes is 1. The molecule has 0 unspecified atom stereocenters. The van der Waals surface area contributed by atoms with Crippen molar-refractivity contribution in [2.45, 2.75) is 6.92 Å². The molecule has 0 bridgehead atoms. The standard InChI is InChI=1S/C10H7BrO2/c1-6-2-8(11)3-9-7(4-12)5-13-10(6)9/h2-5H,1H3. The number of furan rings is 1. The zero-order valence-electron chi connectivity index (χ0n) is 7.00. The first-order valence-corrected chi connectivity index (χ1v) is 4.64. The Hall–Kier alpha value is -1.09. The first-order chi connectivity index (χ1) is 6.22. The summed E-state index contributed by atoms with van der Waals surface area (Å²) in [4.78, 5) is 10.6. The summed E-state index contributed by atoms with van der Waals surface area (Å²) in [5.74, 6) is 0. The van der Waals surface area contributed by atoms with Crippen molar-refractivity contribution < 1.29 is 9.21 Å². The maximum absolute atomic E-state index is 10.6. The topological polar surface area (TPSA) is 30.2 Å². The lowest BCUT2D eigenvalue weighted by Gasteiger charge is -1.95. The van der Waals surface area contributed by atoms with Gasteiger partial charge in [0.25, 0.3) is 0 Å². The number of hydrogen-bond acceptors (Lipinski definition) is 2. The molecule has 0 atom stereocenters. The van der Waals surface area contributed by atoms with Gasteiger partial charge < -0.3 is 4.42 Å². The van der Waals surface area contributed by atoms with Gasteiger partial charge in [-0.1, -0.05) is 15.9 Å². The van der Waals surface area contributed by atoms with E-state index >= 15 is 0 Å². The monoisotopic (exact) mass is 238 g/mol. The minimum Gasteiger partial charge on any atom is -0.463 e. The van der Waals surface area contributed by atoms with Gasteiger partial charge in [0.15, 0.2) is 6.29 Å². The second-order valence-electron chi connectivity index (χ2n) is 2.91. The van der Waals surface area contributed by atoms with E-state index < -0.39 is 0 Å². The molecule has 0 fully saturated rings. The van der Waals surface area contributed by atoms with Gasteiger partial charge in [-0.2, -0.15) is 0 Å². The van der Waals surface area contributed by atoms with Gasteiger partial charge in [0.1, 0.15) is 11.8 Å². The SMILES string of the molecule is Cc1cc(Br)cc2c(C=O)coc12. The van der Waals surface area contributed by atoms with Gasteiger partial charge in [0.2, 0.25) is 0 Å². The van der Waals surface area contributed by atoms with Crippen LogP contribution in [0.15, 0.2) is 27.3 Å². The van der Waals surface area contributed by atoms with Crippen molar-refractivity contribution in [3.63, 3.8) is 0 Å². The van der Waals surface area contributed by atoms with Crippen LogP contribution in [0.5, 0.6) is 0 Å². The lowest BCUT2D eigenvalue weighted by molar-refractivity contribution is 0.112. The molecule has 0 aliphatic carbocycles. The smallest absolute Gasteiger partial charge is 0.153 e. The highest BCUT2D eigenvalue weighted by atomic mass is 79.9. The fourth-order valence-corrected chi connectivity index (χ4v) is 1.95. The van der Waals surface area contributed by atoms with Crippen LogP contribution in [0.2, 0.25) is 0 Å². The quantitative estimate of drug-likeness (QED) is 0.714. The van der Waals surface area contributed by atoms with Crippen molar-refractivity contribution in [2.24, 2.45) is 0 Å². The van der Waals surface area contributed by atoms with Gasteiger partial charge in [-0.05, 0) is 24.6 Å². The van der Waals surface area contributed by atoms with E-state index in [1.807, 2.05) is 19.1 Å². The van der Waals surface area contributed by atoms with E-state index in [1.165, 1.54) is 6.26 Å². The summed E-state index contributed by atoms with van der Waals surface area (Å²) >= 11 is 3.37. The molecule has 0 radical (unpaired) electrons. The number of aryl methyl sites for hydroxylation is 1. The maximum Gasteiger partial charge on any atom is 0.153 e. The van der Waals surface area contributed by atoms with Crippen molar-refractivity contribution in [1.82, 2.24) is 0 Å². The van der Waals surface area contributed by atoms with Gasteiger partial charge in [0.05, 0.1) is 5.56 Å². The molecule has 1 aromatic carbocycles. The zero-order chi connectivity index (χ0) is 9.42. The summed E-state index contributed by atoms with van der Waals surface area (Å²) in [7, 11) is 0. The van der Waals surface area contributed by atoms with Gasteiger partial charge >= 0.3 is 0 Å². The van der Waals surface area contributed by atoms with Crippen LogP contribution < -0.4 is 0 Å². The second-order valence-corrected chi connectivity index (χ2v) is 3.82. The molecule has 2 aromatic rings. The average molecular weight is 239 g/mol.